The van der Waals surface area contributed by atoms with Gasteiger partial charge >= 0.3 is 0 Å². The molecular weight excluding hydrogens is 224 g/mol. The molecule has 2 saturated carbocycles. The SMILES string of the molecule is CC(O)c1cncn1[C@@H]1CCC[C@H]2CCCC[C@@H]21. The molecule has 1 aromatic rings. The lowest BCUT2D eigenvalue weighted by Crippen LogP contribution is -2.33. The normalized spacial score (nSPS) is 34.0. The van der Waals surface area contributed by atoms with Gasteiger partial charge in [-0.2, -0.15) is 0 Å². The minimum absolute atomic E-state index is 0.406. The molecule has 3 heteroatoms. The minimum atomic E-state index is -0.406. The molecule has 0 saturated heterocycles. The molecular formula is C15H24N2O. The first kappa shape index (κ1) is 12.2. The molecule has 18 heavy (non-hydrogen) atoms. The monoisotopic (exact) mass is 248 g/mol. The number of aliphatic hydroxyl groups excluding tert-OH is 1. The van der Waals surface area contributed by atoms with Gasteiger partial charge in [0.25, 0.3) is 0 Å². The Bertz CT molecular complexity index is 397. The minimum Gasteiger partial charge on any atom is -0.387 e. The van der Waals surface area contributed by atoms with Gasteiger partial charge in [-0.25, -0.2) is 4.98 Å². The largest absolute Gasteiger partial charge is 0.387 e. The highest BCUT2D eigenvalue weighted by Gasteiger charge is 2.36. The van der Waals surface area contributed by atoms with Gasteiger partial charge < -0.3 is 9.67 Å². The van der Waals surface area contributed by atoms with Gasteiger partial charge in [0.15, 0.2) is 0 Å². The lowest BCUT2D eigenvalue weighted by Gasteiger charge is -2.42. The number of aromatic nitrogens is 2. The van der Waals surface area contributed by atoms with E-state index < -0.39 is 6.10 Å². The van der Waals surface area contributed by atoms with Crippen molar-refractivity contribution in [1.29, 1.82) is 0 Å². The first-order chi connectivity index (χ1) is 8.77. The van der Waals surface area contributed by atoms with E-state index >= 15 is 0 Å². The number of hydrogen-bond donors (Lipinski definition) is 1. The van der Waals surface area contributed by atoms with Gasteiger partial charge in [-0.1, -0.05) is 32.1 Å². The summed E-state index contributed by atoms with van der Waals surface area (Å²) in [6, 6.07) is 0.580. The molecule has 1 heterocycles. The predicted molar refractivity (Wildman–Crippen MR) is 71.2 cm³/mol. The summed E-state index contributed by atoms with van der Waals surface area (Å²) in [5, 5.41) is 9.86. The maximum atomic E-state index is 9.86. The van der Waals surface area contributed by atoms with Crippen LogP contribution in [-0.4, -0.2) is 14.7 Å². The van der Waals surface area contributed by atoms with E-state index in [1.807, 2.05) is 19.4 Å². The Morgan fingerprint density at radius 3 is 2.83 bits per heavy atom. The summed E-state index contributed by atoms with van der Waals surface area (Å²) >= 11 is 0. The summed E-state index contributed by atoms with van der Waals surface area (Å²) < 4.78 is 2.27. The van der Waals surface area contributed by atoms with E-state index in [9.17, 15) is 5.11 Å². The second-order valence-electron chi connectivity index (χ2n) is 6.11. The van der Waals surface area contributed by atoms with Crippen LogP contribution >= 0.6 is 0 Å². The highest BCUT2D eigenvalue weighted by atomic mass is 16.3. The van der Waals surface area contributed by atoms with Crippen LogP contribution in [0.2, 0.25) is 0 Å². The molecule has 100 valence electrons. The summed E-state index contributed by atoms with van der Waals surface area (Å²) in [6.07, 6.45) is 13.0. The van der Waals surface area contributed by atoms with Crippen LogP contribution in [0.25, 0.3) is 0 Å². The van der Waals surface area contributed by atoms with Crippen molar-refractivity contribution in [2.75, 3.05) is 0 Å². The molecule has 2 aliphatic rings. The Hall–Kier alpha value is -0.830. The van der Waals surface area contributed by atoms with Crippen LogP contribution in [0.4, 0.5) is 0 Å². The van der Waals surface area contributed by atoms with Crippen molar-refractivity contribution in [2.45, 2.75) is 64.0 Å². The molecule has 0 spiro atoms. The van der Waals surface area contributed by atoms with Crippen molar-refractivity contribution in [3.05, 3.63) is 18.2 Å². The van der Waals surface area contributed by atoms with Crippen LogP contribution in [0.1, 0.15) is 69.7 Å². The molecule has 3 nitrogen and oxygen atoms in total. The first-order valence-corrected chi connectivity index (χ1v) is 7.47. The van der Waals surface area contributed by atoms with Gasteiger partial charge in [-0.05, 0) is 31.6 Å². The second kappa shape index (κ2) is 5.04. The highest BCUT2D eigenvalue weighted by molar-refractivity contribution is 5.05. The van der Waals surface area contributed by atoms with Crippen molar-refractivity contribution >= 4 is 0 Å². The Morgan fingerprint density at radius 2 is 2.00 bits per heavy atom. The second-order valence-corrected chi connectivity index (χ2v) is 6.11. The molecule has 3 rings (SSSR count). The number of nitrogens with zero attached hydrogens (tertiary/aromatic N) is 2. The third kappa shape index (κ3) is 2.09. The fourth-order valence-corrected chi connectivity index (χ4v) is 4.17. The zero-order valence-electron chi connectivity index (χ0n) is 11.3. The van der Waals surface area contributed by atoms with Crippen LogP contribution < -0.4 is 0 Å². The number of hydrogen-bond acceptors (Lipinski definition) is 2. The van der Waals surface area contributed by atoms with Crippen LogP contribution in [-0.2, 0) is 0 Å². The number of rotatable bonds is 2. The number of fused-ring (bicyclic) bond motifs is 1. The standard InChI is InChI=1S/C15H24N2O/c1-11(18)15-9-16-10-17(15)14-8-4-6-12-5-2-3-7-13(12)14/h9-14,18H,2-8H2,1H3/t11?,12-,13+,14-/m1/s1. The molecule has 2 fully saturated rings. The van der Waals surface area contributed by atoms with Crippen LogP contribution in [0, 0.1) is 11.8 Å². The van der Waals surface area contributed by atoms with Crippen molar-refractivity contribution in [3.63, 3.8) is 0 Å². The molecule has 0 amide bonds. The van der Waals surface area contributed by atoms with Crippen LogP contribution in [0.3, 0.4) is 0 Å². The summed E-state index contributed by atoms with van der Waals surface area (Å²) in [4.78, 5) is 4.26. The topological polar surface area (TPSA) is 38.1 Å². The van der Waals surface area contributed by atoms with Gasteiger partial charge in [-0.15, -0.1) is 0 Å². The van der Waals surface area contributed by atoms with Gasteiger partial charge in [-0.3, -0.25) is 0 Å². The molecule has 4 atom stereocenters. The molecule has 0 bridgehead atoms. The van der Waals surface area contributed by atoms with Gasteiger partial charge in [0, 0.05) is 6.04 Å². The smallest absolute Gasteiger partial charge is 0.0951 e. The molecule has 1 unspecified atom stereocenters. The van der Waals surface area contributed by atoms with E-state index in [0.717, 1.165) is 17.5 Å². The Balaban J connectivity index is 1.87. The maximum absolute atomic E-state index is 9.86. The third-order valence-corrected chi connectivity index (χ3v) is 5.02. The Morgan fingerprint density at radius 1 is 1.22 bits per heavy atom. The maximum Gasteiger partial charge on any atom is 0.0951 e. The van der Waals surface area contributed by atoms with Gasteiger partial charge in [0.2, 0.25) is 0 Å². The lowest BCUT2D eigenvalue weighted by atomic mass is 9.68. The molecule has 0 aromatic carbocycles. The van der Waals surface area contributed by atoms with Gasteiger partial charge in [0.05, 0.1) is 24.3 Å². The first-order valence-electron chi connectivity index (χ1n) is 7.47. The quantitative estimate of drug-likeness (QED) is 0.870. The lowest BCUT2D eigenvalue weighted by molar-refractivity contribution is 0.0996. The highest BCUT2D eigenvalue weighted by Crippen LogP contribution is 2.46. The summed E-state index contributed by atoms with van der Waals surface area (Å²) in [7, 11) is 0. The average Bonchev–Trinajstić information content (AvgIpc) is 2.87. The predicted octanol–water partition coefficient (Wildman–Crippen LogP) is 3.47. The third-order valence-electron chi connectivity index (χ3n) is 5.02. The number of imidazole rings is 1. The Kier molecular flexibility index (Phi) is 3.42. The fraction of sp³-hybridized carbons (Fsp3) is 0.800. The summed E-state index contributed by atoms with van der Waals surface area (Å²) in [6.45, 7) is 1.84. The van der Waals surface area contributed by atoms with E-state index in [-0.39, 0.29) is 0 Å². The van der Waals surface area contributed by atoms with E-state index in [4.69, 9.17) is 0 Å². The van der Waals surface area contributed by atoms with Crippen LogP contribution in [0.5, 0.6) is 0 Å². The fourth-order valence-electron chi connectivity index (χ4n) is 4.17. The Labute approximate surface area is 109 Å². The van der Waals surface area contributed by atoms with E-state index in [2.05, 4.69) is 9.55 Å². The summed E-state index contributed by atoms with van der Waals surface area (Å²) in [5.41, 5.74) is 0.992. The molecule has 0 radical (unpaired) electrons. The van der Waals surface area contributed by atoms with E-state index in [0.29, 0.717) is 6.04 Å². The van der Waals surface area contributed by atoms with Crippen molar-refractivity contribution < 1.29 is 5.11 Å². The van der Waals surface area contributed by atoms with Crippen LogP contribution in [0.15, 0.2) is 12.5 Å². The zero-order valence-corrected chi connectivity index (χ0v) is 11.3. The van der Waals surface area contributed by atoms with E-state index in [1.165, 1.54) is 44.9 Å². The number of aliphatic hydroxyl groups is 1. The average molecular weight is 248 g/mol. The van der Waals surface area contributed by atoms with Crippen molar-refractivity contribution in [3.8, 4) is 0 Å². The molecule has 1 N–H and O–H groups in total. The van der Waals surface area contributed by atoms with Gasteiger partial charge in [0.1, 0.15) is 0 Å². The molecule has 1 aromatic heterocycles. The van der Waals surface area contributed by atoms with Crippen molar-refractivity contribution in [2.24, 2.45) is 11.8 Å². The summed E-state index contributed by atoms with van der Waals surface area (Å²) in [5.74, 6) is 1.74. The van der Waals surface area contributed by atoms with Crippen molar-refractivity contribution in [1.82, 2.24) is 9.55 Å². The molecule has 0 aliphatic heterocycles. The molecule has 2 aliphatic carbocycles. The van der Waals surface area contributed by atoms with E-state index in [1.54, 1.807) is 0 Å². The zero-order chi connectivity index (χ0) is 12.5.